The number of fused-ring (bicyclic) bond motifs is 6. The van der Waals surface area contributed by atoms with Gasteiger partial charge < -0.3 is 8.98 Å². The fourth-order valence-electron chi connectivity index (χ4n) is 8.46. The third kappa shape index (κ3) is 5.67. The molecule has 0 saturated carbocycles. The fourth-order valence-corrected chi connectivity index (χ4v) is 8.46. The van der Waals surface area contributed by atoms with Gasteiger partial charge in [-0.2, -0.15) is 0 Å². The molecule has 11 rings (SSSR count). The smallest absolute Gasteiger partial charge is 0.166 e. The number of rotatable bonds is 6. The zero-order valence-corrected chi connectivity index (χ0v) is 32.0. The molecule has 58 heavy (non-hydrogen) atoms. The normalized spacial score (nSPS) is 11.6. The Morgan fingerprint density at radius 3 is 1.72 bits per heavy atom. The summed E-state index contributed by atoms with van der Waals surface area (Å²) in [5.41, 5.74) is 14.6. The van der Waals surface area contributed by atoms with Crippen LogP contribution >= 0.6 is 0 Å². The molecule has 0 N–H and O–H groups in total. The molecule has 274 valence electrons. The van der Waals surface area contributed by atoms with Crippen molar-refractivity contribution in [3.05, 3.63) is 193 Å². The van der Waals surface area contributed by atoms with Crippen molar-refractivity contribution in [1.82, 2.24) is 19.5 Å². The molecule has 5 nitrogen and oxygen atoms in total. The predicted molar refractivity (Wildman–Crippen MR) is 238 cm³/mol. The summed E-state index contributed by atoms with van der Waals surface area (Å²) < 4.78 is 8.75. The van der Waals surface area contributed by atoms with Crippen LogP contribution in [0.1, 0.15) is 11.1 Å². The predicted octanol–water partition coefficient (Wildman–Crippen LogP) is 13.8. The van der Waals surface area contributed by atoms with E-state index in [1.165, 1.54) is 33.0 Å². The van der Waals surface area contributed by atoms with Crippen molar-refractivity contribution in [3.8, 4) is 62.1 Å². The van der Waals surface area contributed by atoms with E-state index < -0.39 is 0 Å². The lowest BCUT2D eigenvalue weighted by Gasteiger charge is -2.17. The van der Waals surface area contributed by atoms with Crippen molar-refractivity contribution < 1.29 is 4.42 Å². The minimum atomic E-state index is 0.589. The summed E-state index contributed by atoms with van der Waals surface area (Å²) >= 11 is 0. The second-order valence-electron chi connectivity index (χ2n) is 15.0. The van der Waals surface area contributed by atoms with Crippen molar-refractivity contribution in [2.75, 3.05) is 0 Å². The number of nitrogens with zero attached hydrogens (tertiary/aromatic N) is 4. The first-order valence-corrected chi connectivity index (χ1v) is 19.6. The number of hydrogen-bond acceptors (Lipinski definition) is 4. The van der Waals surface area contributed by atoms with E-state index >= 15 is 0 Å². The van der Waals surface area contributed by atoms with Gasteiger partial charge in [-0.3, -0.25) is 0 Å². The van der Waals surface area contributed by atoms with E-state index in [4.69, 9.17) is 19.4 Å². The van der Waals surface area contributed by atoms with Crippen LogP contribution in [-0.4, -0.2) is 19.5 Å². The molecule has 0 fully saturated rings. The van der Waals surface area contributed by atoms with Gasteiger partial charge in [0, 0.05) is 38.2 Å². The van der Waals surface area contributed by atoms with E-state index in [2.05, 4.69) is 152 Å². The number of hydrogen-bond donors (Lipinski definition) is 0. The van der Waals surface area contributed by atoms with E-state index in [1.54, 1.807) is 0 Å². The quantitative estimate of drug-likeness (QED) is 0.170. The lowest BCUT2D eigenvalue weighted by atomic mass is 9.97. The van der Waals surface area contributed by atoms with Gasteiger partial charge in [-0.15, -0.1) is 0 Å². The van der Waals surface area contributed by atoms with E-state index in [9.17, 15) is 0 Å². The highest BCUT2D eigenvalue weighted by atomic mass is 16.3. The Bertz CT molecular complexity index is 3300. The van der Waals surface area contributed by atoms with E-state index in [-0.39, 0.29) is 0 Å². The monoisotopic (exact) mass is 744 g/mol. The molecule has 0 amide bonds. The number of furan rings is 1. The van der Waals surface area contributed by atoms with E-state index in [0.29, 0.717) is 17.5 Å². The topological polar surface area (TPSA) is 56.7 Å². The number of aryl methyl sites for hydroxylation is 2. The van der Waals surface area contributed by atoms with Gasteiger partial charge in [0.05, 0.1) is 16.7 Å². The van der Waals surface area contributed by atoms with Crippen molar-refractivity contribution in [2.24, 2.45) is 0 Å². The zero-order chi connectivity index (χ0) is 38.7. The zero-order valence-electron chi connectivity index (χ0n) is 32.0. The van der Waals surface area contributed by atoms with Gasteiger partial charge in [-0.1, -0.05) is 145 Å². The molecule has 0 saturated heterocycles. The molecule has 3 heterocycles. The van der Waals surface area contributed by atoms with Gasteiger partial charge in [0.1, 0.15) is 11.2 Å². The minimum absolute atomic E-state index is 0.589. The Kier molecular flexibility index (Phi) is 7.86. The first-order valence-electron chi connectivity index (χ1n) is 19.6. The van der Waals surface area contributed by atoms with Crippen molar-refractivity contribution >= 4 is 43.7 Å². The third-order valence-corrected chi connectivity index (χ3v) is 11.3. The molecule has 0 atom stereocenters. The van der Waals surface area contributed by atoms with Crippen LogP contribution in [0.4, 0.5) is 0 Å². The lowest BCUT2D eigenvalue weighted by molar-refractivity contribution is 0.669. The summed E-state index contributed by atoms with van der Waals surface area (Å²) in [7, 11) is 0. The van der Waals surface area contributed by atoms with Crippen LogP contribution in [-0.2, 0) is 0 Å². The molecule has 0 aliphatic heterocycles. The van der Waals surface area contributed by atoms with Crippen LogP contribution in [0, 0.1) is 13.8 Å². The Labute approximate surface area is 335 Å². The van der Waals surface area contributed by atoms with Crippen molar-refractivity contribution in [2.45, 2.75) is 13.8 Å². The second-order valence-corrected chi connectivity index (χ2v) is 15.0. The lowest BCUT2D eigenvalue weighted by Crippen LogP contribution is -2.04. The summed E-state index contributed by atoms with van der Waals surface area (Å²) in [6.07, 6.45) is 0. The molecular weight excluding hydrogens is 709 g/mol. The van der Waals surface area contributed by atoms with Gasteiger partial charge in [0.2, 0.25) is 0 Å². The standard InChI is InChI=1S/C53H36N4O/c1-33-21-25-40(34(2)29-33)39-23-26-42-41-17-9-11-19-46(41)57(48(42)31-39)47-28-24-37(38-22-27-44-43-18-10-12-20-49(43)58-50(44)32-38)30-45(47)53-55-51(35-13-5-3-6-14-35)54-52(56-53)36-15-7-4-8-16-36/h3-32H,1-2H3. The molecular formula is C53H36N4O. The Balaban J connectivity index is 1.20. The molecule has 11 aromatic rings. The maximum atomic E-state index is 6.36. The van der Waals surface area contributed by atoms with Crippen LogP contribution in [0.3, 0.4) is 0 Å². The van der Waals surface area contributed by atoms with E-state index in [0.717, 1.165) is 66.5 Å². The number of para-hydroxylation sites is 2. The minimum Gasteiger partial charge on any atom is -0.456 e. The molecule has 0 radical (unpaired) electrons. The van der Waals surface area contributed by atoms with Crippen molar-refractivity contribution in [3.63, 3.8) is 0 Å². The maximum absolute atomic E-state index is 6.36. The molecule has 0 bridgehead atoms. The molecule has 0 spiro atoms. The fraction of sp³-hybridized carbons (Fsp3) is 0.0377. The highest BCUT2D eigenvalue weighted by molar-refractivity contribution is 6.11. The Morgan fingerprint density at radius 1 is 0.379 bits per heavy atom. The summed E-state index contributed by atoms with van der Waals surface area (Å²) in [5, 5.41) is 4.57. The van der Waals surface area contributed by atoms with Gasteiger partial charge in [-0.25, -0.2) is 15.0 Å². The van der Waals surface area contributed by atoms with Gasteiger partial charge in [-0.05, 0) is 84.1 Å². The summed E-state index contributed by atoms with van der Waals surface area (Å²) in [6, 6.07) is 63.8. The third-order valence-electron chi connectivity index (χ3n) is 11.3. The first kappa shape index (κ1) is 33.7. The highest BCUT2D eigenvalue weighted by Crippen LogP contribution is 2.41. The maximum Gasteiger partial charge on any atom is 0.166 e. The van der Waals surface area contributed by atoms with Crippen molar-refractivity contribution in [1.29, 1.82) is 0 Å². The number of aromatic nitrogens is 4. The van der Waals surface area contributed by atoms with E-state index in [1.807, 2.05) is 48.5 Å². The average Bonchev–Trinajstić information content (AvgIpc) is 3.81. The van der Waals surface area contributed by atoms with Gasteiger partial charge in [0.25, 0.3) is 0 Å². The summed E-state index contributed by atoms with van der Waals surface area (Å²) in [4.78, 5) is 15.6. The van der Waals surface area contributed by atoms with Crippen LogP contribution in [0.2, 0.25) is 0 Å². The Hall–Kier alpha value is -7.63. The SMILES string of the molecule is Cc1ccc(-c2ccc3c4ccccc4n(-c4ccc(-c5ccc6c(c5)oc5ccccc56)cc4-c4nc(-c5ccccc5)nc(-c5ccccc5)n4)c3c2)c(C)c1. The van der Waals surface area contributed by atoms with Crippen LogP contribution in [0.25, 0.3) is 106 Å². The molecule has 0 unspecified atom stereocenters. The highest BCUT2D eigenvalue weighted by Gasteiger charge is 2.21. The Morgan fingerprint density at radius 2 is 0.966 bits per heavy atom. The first-order chi connectivity index (χ1) is 28.6. The largest absolute Gasteiger partial charge is 0.456 e. The molecule has 0 aliphatic rings. The molecule has 5 heteroatoms. The summed E-state index contributed by atoms with van der Waals surface area (Å²) in [6.45, 7) is 4.34. The number of benzene rings is 8. The average molecular weight is 745 g/mol. The summed E-state index contributed by atoms with van der Waals surface area (Å²) in [5.74, 6) is 1.82. The second kappa shape index (κ2) is 13.5. The van der Waals surface area contributed by atoms with Crippen LogP contribution in [0.5, 0.6) is 0 Å². The van der Waals surface area contributed by atoms with Crippen LogP contribution < -0.4 is 0 Å². The molecule has 0 aliphatic carbocycles. The molecule has 3 aromatic heterocycles. The molecule has 8 aromatic carbocycles. The van der Waals surface area contributed by atoms with Crippen LogP contribution in [0.15, 0.2) is 186 Å². The van der Waals surface area contributed by atoms with Gasteiger partial charge in [0.15, 0.2) is 17.5 Å². The van der Waals surface area contributed by atoms with Gasteiger partial charge >= 0.3 is 0 Å².